The standard InChI is InChI=1S/C14H28N2O2/c1-5-11(12-6-8-15-9-7-12)10-16-13(17)18-14(2,3)4/h11-12,15H,5-10H2,1-4H3,(H,16,17). The summed E-state index contributed by atoms with van der Waals surface area (Å²) >= 11 is 0. The van der Waals surface area contributed by atoms with E-state index in [1.54, 1.807) is 0 Å². The molecule has 1 aliphatic rings. The zero-order valence-electron chi connectivity index (χ0n) is 12.2. The van der Waals surface area contributed by atoms with E-state index in [9.17, 15) is 4.79 Å². The van der Waals surface area contributed by atoms with Crippen LogP contribution in [0.25, 0.3) is 0 Å². The van der Waals surface area contributed by atoms with Gasteiger partial charge in [0.15, 0.2) is 0 Å². The summed E-state index contributed by atoms with van der Waals surface area (Å²) in [5.74, 6) is 1.30. The van der Waals surface area contributed by atoms with Crippen LogP contribution in [0.4, 0.5) is 4.79 Å². The Labute approximate surface area is 111 Å². The van der Waals surface area contributed by atoms with E-state index in [4.69, 9.17) is 4.74 Å². The Balaban J connectivity index is 2.32. The number of amides is 1. The molecular weight excluding hydrogens is 228 g/mol. The molecule has 1 fully saturated rings. The number of carbonyl (C=O) groups excluding carboxylic acids is 1. The molecule has 1 aliphatic heterocycles. The lowest BCUT2D eigenvalue weighted by Crippen LogP contribution is -2.39. The summed E-state index contributed by atoms with van der Waals surface area (Å²) in [6, 6.07) is 0. The van der Waals surface area contributed by atoms with Crippen LogP contribution < -0.4 is 10.6 Å². The molecule has 0 aromatic rings. The average molecular weight is 256 g/mol. The summed E-state index contributed by atoms with van der Waals surface area (Å²) in [5, 5.41) is 6.28. The minimum Gasteiger partial charge on any atom is -0.444 e. The smallest absolute Gasteiger partial charge is 0.407 e. The number of rotatable bonds is 4. The molecule has 1 unspecified atom stereocenters. The second kappa shape index (κ2) is 6.98. The molecule has 0 bridgehead atoms. The Morgan fingerprint density at radius 1 is 1.39 bits per heavy atom. The van der Waals surface area contributed by atoms with Crippen LogP contribution in [-0.2, 0) is 4.74 Å². The van der Waals surface area contributed by atoms with Gasteiger partial charge in [-0.25, -0.2) is 4.79 Å². The maximum Gasteiger partial charge on any atom is 0.407 e. The quantitative estimate of drug-likeness (QED) is 0.812. The highest BCUT2D eigenvalue weighted by atomic mass is 16.6. The van der Waals surface area contributed by atoms with Gasteiger partial charge in [0.25, 0.3) is 0 Å². The maximum absolute atomic E-state index is 11.6. The highest BCUT2D eigenvalue weighted by Crippen LogP contribution is 2.24. The first-order valence-corrected chi connectivity index (χ1v) is 7.10. The second-order valence-electron chi connectivity index (χ2n) is 6.14. The van der Waals surface area contributed by atoms with Crippen molar-refractivity contribution >= 4 is 6.09 Å². The maximum atomic E-state index is 11.6. The number of piperidine rings is 1. The van der Waals surface area contributed by atoms with Gasteiger partial charge < -0.3 is 15.4 Å². The fourth-order valence-electron chi connectivity index (χ4n) is 2.49. The molecular formula is C14H28N2O2. The van der Waals surface area contributed by atoms with Gasteiger partial charge in [-0.15, -0.1) is 0 Å². The molecule has 0 radical (unpaired) electrons. The SMILES string of the molecule is CCC(CNC(=O)OC(C)(C)C)C1CCNCC1. The lowest BCUT2D eigenvalue weighted by Gasteiger charge is -2.30. The van der Waals surface area contributed by atoms with E-state index < -0.39 is 5.60 Å². The molecule has 1 heterocycles. The summed E-state index contributed by atoms with van der Waals surface area (Å²) < 4.78 is 5.26. The largest absolute Gasteiger partial charge is 0.444 e. The third kappa shape index (κ3) is 5.71. The van der Waals surface area contributed by atoms with Crippen molar-refractivity contribution in [3.8, 4) is 0 Å². The van der Waals surface area contributed by atoms with Crippen LogP contribution in [0.1, 0.15) is 47.0 Å². The average Bonchev–Trinajstić information content (AvgIpc) is 2.29. The predicted molar refractivity (Wildman–Crippen MR) is 73.6 cm³/mol. The topological polar surface area (TPSA) is 50.4 Å². The fraction of sp³-hybridized carbons (Fsp3) is 0.929. The van der Waals surface area contributed by atoms with Crippen LogP contribution >= 0.6 is 0 Å². The van der Waals surface area contributed by atoms with Gasteiger partial charge >= 0.3 is 6.09 Å². The summed E-state index contributed by atoms with van der Waals surface area (Å²) in [7, 11) is 0. The van der Waals surface area contributed by atoms with E-state index in [0.717, 1.165) is 32.0 Å². The van der Waals surface area contributed by atoms with Gasteiger partial charge in [0.2, 0.25) is 0 Å². The van der Waals surface area contributed by atoms with E-state index in [0.29, 0.717) is 5.92 Å². The van der Waals surface area contributed by atoms with Gasteiger partial charge in [-0.1, -0.05) is 13.3 Å². The normalized spacial score (nSPS) is 19.3. The first-order valence-electron chi connectivity index (χ1n) is 7.10. The van der Waals surface area contributed by atoms with Crippen LogP contribution in [-0.4, -0.2) is 31.3 Å². The van der Waals surface area contributed by atoms with Crippen molar-refractivity contribution in [2.24, 2.45) is 11.8 Å². The molecule has 2 N–H and O–H groups in total. The molecule has 0 aromatic heterocycles. The molecule has 106 valence electrons. The minimum absolute atomic E-state index is 0.296. The molecule has 1 rings (SSSR count). The zero-order valence-corrected chi connectivity index (χ0v) is 12.2. The van der Waals surface area contributed by atoms with Crippen LogP contribution in [0.15, 0.2) is 0 Å². The molecule has 0 aliphatic carbocycles. The number of carbonyl (C=O) groups is 1. The molecule has 1 amide bonds. The Morgan fingerprint density at radius 3 is 2.50 bits per heavy atom. The number of nitrogens with one attached hydrogen (secondary N) is 2. The summed E-state index contributed by atoms with van der Waals surface area (Å²) in [6.07, 6.45) is 3.25. The number of hydrogen-bond acceptors (Lipinski definition) is 3. The number of hydrogen-bond donors (Lipinski definition) is 2. The Hall–Kier alpha value is -0.770. The van der Waals surface area contributed by atoms with Crippen molar-refractivity contribution in [3.05, 3.63) is 0 Å². The molecule has 1 saturated heterocycles. The Kier molecular flexibility index (Phi) is 5.93. The fourth-order valence-corrected chi connectivity index (χ4v) is 2.49. The first-order chi connectivity index (χ1) is 8.42. The minimum atomic E-state index is -0.416. The third-order valence-corrected chi connectivity index (χ3v) is 3.48. The van der Waals surface area contributed by atoms with E-state index in [-0.39, 0.29) is 6.09 Å². The number of alkyl carbamates (subject to hydrolysis) is 1. The lowest BCUT2D eigenvalue weighted by molar-refractivity contribution is 0.0509. The van der Waals surface area contributed by atoms with Crippen LogP contribution in [0.2, 0.25) is 0 Å². The highest BCUT2D eigenvalue weighted by Gasteiger charge is 2.23. The molecule has 0 spiro atoms. The summed E-state index contributed by atoms with van der Waals surface area (Å²) in [5.41, 5.74) is -0.416. The van der Waals surface area contributed by atoms with E-state index >= 15 is 0 Å². The van der Waals surface area contributed by atoms with Crippen LogP contribution in [0, 0.1) is 11.8 Å². The lowest BCUT2D eigenvalue weighted by atomic mass is 9.83. The van der Waals surface area contributed by atoms with Crippen molar-refractivity contribution in [1.29, 1.82) is 0 Å². The molecule has 1 atom stereocenters. The Bertz CT molecular complexity index is 255. The van der Waals surface area contributed by atoms with Crippen molar-refractivity contribution in [1.82, 2.24) is 10.6 Å². The van der Waals surface area contributed by atoms with Gasteiger partial charge in [-0.2, -0.15) is 0 Å². The summed E-state index contributed by atoms with van der Waals surface area (Å²) in [6.45, 7) is 10.8. The molecule has 18 heavy (non-hydrogen) atoms. The van der Waals surface area contributed by atoms with Gasteiger partial charge in [-0.05, 0) is 58.5 Å². The third-order valence-electron chi connectivity index (χ3n) is 3.48. The van der Waals surface area contributed by atoms with E-state index in [2.05, 4.69) is 17.6 Å². The summed E-state index contributed by atoms with van der Waals surface area (Å²) in [4.78, 5) is 11.6. The predicted octanol–water partition coefficient (Wildman–Crippen LogP) is 2.54. The van der Waals surface area contributed by atoms with Gasteiger partial charge in [0.05, 0.1) is 0 Å². The highest BCUT2D eigenvalue weighted by molar-refractivity contribution is 5.67. The van der Waals surface area contributed by atoms with Crippen molar-refractivity contribution in [3.63, 3.8) is 0 Å². The van der Waals surface area contributed by atoms with Crippen LogP contribution in [0.5, 0.6) is 0 Å². The zero-order chi connectivity index (χ0) is 13.6. The molecule has 4 nitrogen and oxygen atoms in total. The van der Waals surface area contributed by atoms with Gasteiger partial charge in [-0.3, -0.25) is 0 Å². The number of ether oxygens (including phenoxy) is 1. The second-order valence-corrected chi connectivity index (χ2v) is 6.14. The van der Waals surface area contributed by atoms with E-state index in [1.165, 1.54) is 12.8 Å². The first kappa shape index (κ1) is 15.3. The molecule has 0 aromatic carbocycles. The van der Waals surface area contributed by atoms with Crippen molar-refractivity contribution < 1.29 is 9.53 Å². The molecule has 0 saturated carbocycles. The van der Waals surface area contributed by atoms with E-state index in [1.807, 2.05) is 20.8 Å². The monoisotopic (exact) mass is 256 g/mol. The van der Waals surface area contributed by atoms with Crippen LogP contribution in [0.3, 0.4) is 0 Å². The Morgan fingerprint density at radius 2 is 2.00 bits per heavy atom. The van der Waals surface area contributed by atoms with Gasteiger partial charge in [0, 0.05) is 6.54 Å². The van der Waals surface area contributed by atoms with Crippen molar-refractivity contribution in [2.75, 3.05) is 19.6 Å². The van der Waals surface area contributed by atoms with Gasteiger partial charge in [0.1, 0.15) is 5.60 Å². The molecule has 4 heteroatoms. The van der Waals surface area contributed by atoms with Crippen molar-refractivity contribution in [2.45, 2.75) is 52.6 Å².